The minimum absolute atomic E-state index is 0.629. The average Bonchev–Trinajstić information content (AvgIpc) is 2.07. The second-order valence-electron chi connectivity index (χ2n) is 3.14. The maximum Gasteiger partial charge on any atom is 0.120 e. The van der Waals surface area contributed by atoms with Gasteiger partial charge >= 0.3 is 0 Å². The van der Waals surface area contributed by atoms with Crippen LogP contribution in [0.2, 0.25) is 0 Å². The highest BCUT2D eigenvalue weighted by atomic mass is 16.1. The van der Waals surface area contributed by atoms with Crippen LogP contribution in [-0.2, 0) is 11.2 Å². The fraction of sp³-hybridized carbons (Fsp3) is 0.364. The van der Waals surface area contributed by atoms with Crippen molar-refractivity contribution in [2.75, 3.05) is 0 Å². The molecule has 0 saturated carbocycles. The van der Waals surface area contributed by atoms with E-state index >= 15 is 0 Å². The van der Waals surface area contributed by atoms with Gasteiger partial charge in [-0.3, -0.25) is 0 Å². The Morgan fingerprint density at radius 1 is 1.33 bits per heavy atom. The summed E-state index contributed by atoms with van der Waals surface area (Å²) in [5.74, 6) is 0. The van der Waals surface area contributed by atoms with Crippen LogP contribution >= 0.6 is 0 Å². The Bertz CT molecular complexity index is 276. The van der Waals surface area contributed by atoms with Crippen LogP contribution < -0.4 is 0 Å². The van der Waals surface area contributed by atoms with Crippen LogP contribution in [0, 0.1) is 13.8 Å². The van der Waals surface area contributed by atoms with Crippen LogP contribution in [0.1, 0.15) is 23.1 Å². The van der Waals surface area contributed by atoms with Crippen molar-refractivity contribution in [3.63, 3.8) is 0 Å². The lowest BCUT2D eigenvalue weighted by atomic mass is 10.0. The van der Waals surface area contributed by atoms with Gasteiger partial charge in [-0.25, -0.2) is 0 Å². The topological polar surface area (TPSA) is 17.1 Å². The first-order chi connectivity index (χ1) is 5.74. The van der Waals surface area contributed by atoms with Crippen molar-refractivity contribution in [3.05, 3.63) is 34.9 Å². The second kappa shape index (κ2) is 4.05. The van der Waals surface area contributed by atoms with Gasteiger partial charge in [-0.1, -0.05) is 23.8 Å². The molecule has 0 aliphatic carbocycles. The van der Waals surface area contributed by atoms with Gasteiger partial charge in [0.2, 0.25) is 0 Å². The molecule has 12 heavy (non-hydrogen) atoms. The molecule has 0 amide bonds. The van der Waals surface area contributed by atoms with Gasteiger partial charge in [0.25, 0.3) is 0 Å². The summed E-state index contributed by atoms with van der Waals surface area (Å²) in [6.45, 7) is 4.16. The monoisotopic (exact) mass is 162 g/mol. The maximum absolute atomic E-state index is 10.2. The van der Waals surface area contributed by atoms with E-state index in [4.69, 9.17) is 0 Å². The molecule has 1 nitrogen and oxygen atoms in total. The maximum atomic E-state index is 10.2. The summed E-state index contributed by atoms with van der Waals surface area (Å²) >= 11 is 0. The predicted molar refractivity (Wildman–Crippen MR) is 50.3 cm³/mol. The van der Waals surface area contributed by atoms with Gasteiger partial charge in [-0.05, 0) is 31.4 Å². The summed E-state index contributed by atoms with van der Waals surface area (Å²) in [6.07, 6.45) is 2.48. The van der Waals surface area contributed by atoms with Crippen molar-refractivity contribution in [2.24, 2.45) is 0 Å². The van der Waals surface area contributed by atoms with Crippen LogP contribution in [0.25, 0.3) is 0 Å². The lowest BCUT2D eigenvalue weighted by Crippen LogP contribution is -1.91. The number of aryl methyl sites for hydroxylation is 3. The number of rotatable bonds is 3. The molecule has 0 saturated heterocycles. The number of carbonyl (C=O) groups is 1. The number of carbonyl (C=O) groups excluding carboxylic acids is 1. The number of hydrogen-bond donors (Lipinski definition) is 0. The zero-order valence-corrected chi connectivity index (χ0v) is 7.63. The molecule has 0 N–H and O–H groups in total. The molecule has 1 aromatic rings. The molecule has 0 aliphatic heterocycles. The van der Waals surface area contributed by atoms with Gasteiger partial charge in [0.05, 0.1) is 0 Å². The quantitative estimate of drug-likeness (QED) is 0.624. The molecule has 0 spiro atoms. The van der Waals surface area contributed by atoms with Crippen molar-refractivity contribution in [1.29, 1.82) is 0 Å². The Morgan fingerprint density at radius 3 is 2.75 bits per heavy atom. The lowest BCUT2D eigenvalue weighted by molar-refractivity contribution is -0.107. The van der Waals surface area contributed by atoms with Crippen molar-refractivity contribution in [3.8, 4) is 0 Å². The van der Waals surface area contributed by atoms with E-state index in [0.29, 0.717) is 6.42 Å². The lowest BCUT2D eigenvalue weighted by Gasteiger charge is -2.04. The summed E-state index contributed by atoms with van der Waals surface area (Å²) in [7, 11) is 0. The molecular weight excluding hydrogens is 148 g/mol. The predicted octanol–water partition coefficient (Wildman–Crippen LogP) is 2.43. The Labute approximate surface area is 73.4 Å². The third kappa shape index (κ3) is 2.19. The molecule has 0 unspecified atom stereocenters. The first-order valence-electron chi connectivity index (χ1n) is 4.24. The van der Waals surface area contributed by atoms with Gasteiger partial charge in [-0.15, -0.1) is 0 Å². The van der Waals surface area contributed by atoms with Gasteiger partial charge in [0.15, 0.2) is 0 Å². The fourth-order valence-electron chi connectivity index (χ4n) is 1.28. The van der Waals surface area contributed by atoms with E-state index in [2.05, 4.69) is 32.0 Å². The number of aldehydes is 1. The summed E-state index contributed by atoms with van der Waals surface area (Å²) in [6, 6.07) is 6.36. The summed E-state index contributed by atoms with van der Waals surface area (Å²) in [5.41, 5.74) is 3.84. The molecule has 0 bridgehead atoms. The van der Waals surface area contributed by atoms with Gasteiger partial charge in [0.1, 0.15) is 6.29 Å². The van der Waals surface area contributed by atoms with Crippen LogP contribution in [-0.4, -0.2) is 6.29 Å². The molecule has 1 rings (SSSR count). The Morgan fingerprint density at radius 2 is 2.08 bits per heavy atom. The smallest absolute Gasteiger partial charge is 0.120 e. The van der Waals surface area contributed by atoms with Gasteiger partial charge in [0, 0.05) is 6.42 Å². The average molecular weight is 162 g/mol. The summed E-state index contributed by atoms with van der Waals surface area (Å²) < 4.78 is 0. The summed E-state index contributed by atoms with van der Waals surface area (Å²) in [4.78, 5) is 10.2. The SMILES string of the molecule is Cc1ccc(C)c(CCC=O)c1. The van der Waals surface area contributed by atoms with Crippen LogP contribution in [0.15, 0.2) is 18.2 Å². The van der Waals surface area contributed by atoms with E-state index in [1.54, 1.807) is 0 Å². The molecule has 0 radical (unpaired) electrons. The van der Waals surface area contributed by atoms with Crippen LogP contribution in [0.5, 0.6) is 0 Å². The van der Waals surface area contributed by atoms with E-state index in [1.165, 1.54) is 16.7 Å². The third-order valence-electron chi connectivity index (χ3n) is 2.04. The Kier molecular flexibility index (Phi) is 3.03. The molecule has 0 aromatic heterocycles. The number of hydrogen-bond acceptors (Lipinski definition) is 1. The normalized spacial score (nSPS) is 9.83. The molecular formula is C11H14O. The van der Waals surface area contributed by atoms with Crippen LogP contribution in [0.4, 0.5) is 0 Å². The van der Waals surface area contributed by atoms with Crippen molar-refractivity contribution in [2.45, 2.75) is 26.7 Å². The Hall–Kier alpha value is -1.11. The third-order valence-corrected chi connectivity index (χ3v) is 2.04. The summed E-state index contributed by atoms with van der Waals surface area (Å²) in [5, 5.41) is 0. The minimum Gasteiger partial charge on any atom is -0.303 e. The zero-order valence-electron chi connectivity index (χ0n) is 7.63. The Balaban J connectivity index is 2.82. The van der Waals surface area contributed by atoms with Crippen LogP contribution in [0.3, 0.4) is 0 Å². The minimum atomic E-state index is 0.629. The molecule has 1 heteroatoms. The second-order valence-corrected chi connectivity index (χ2v) is 3.14. The van der Waals surface area contributed by atoms with Gasteiger partial charge in [-0.2, -0.15) is 0 Å². The largest absolute Gasteiger partial charge is 0.303 e. The first-order valence-corrected chi connectivity index (χ1v) is 4.24. The van der Waals surface area contributed by atoms with E-state index < -0.39 is 0 Å². The van der Waals surface area contributed by atoms with Crippen molar-refractivity contribution < 1.29 is 4.79 Å². The van der Waals surface area contributed by atoms with Gasteiger partial charge < -0.3 is 4.79 Å². The zero-order chi connectivity index (χ0) is 8.97. The molecule has 0 heterocycles. The molecule has 0 atom stereocenters. The first kappa shape index (κ1) is 8.98. The van der Waals surface area contributed by atoms with E-state index in [-0.39, 0.29) is 0 Å². The highest BCUT2D eigenvalue weighted by molar-refractivity contribution is 5.50. The molecule has 1 aromatic carbocycles. The van der Waals surface area contributed by atoms with E-state index in [1.807, 2.05) is 0 Å². The highest BCUT2D eigenvalue weighted by Gasteiger charge is 1.97. The van der Waals surface area contributed by atoms with Crippen molar-refractivity contribution >= 4 is 6.29 Å². The standard InChI is InChI=1S/C11H14O/c1-9-5-6-10(2)11(8-9)4-3-7-12/h5-8H,3-4H2,1-2H3. The fourth-order valence-corrected chi connectivity index (χ4v) is 1.28. The van der Waals surface area contributed by atoms with Crippen molar-refractivity contribution in [1.82, 2.24) is 0 Å². The molecule has 0 aliphatic rings. The number of benzene rings is 1. The highest BCUT2D eigenvalue weighted by Crippen LogP contribution is 2.11. The molecule has 0 fully saturated rings. The van der Waals surface area contributed by atoms with E-state index in [0.717, 1.165) is 12.7 Å². The van der Waals surface area contributed by atoms with E-state index in [9.17, 15) is 4.79 Å². The molecule has 64 valence electrons.